The van der Waals surface area contributed by atoms with Crippen LogP contribution in [0.25, 0.3) is 0 Å². The van der Waals surface area contributed by atoms with E-state index >= 15 is 0 Å². The van der Waals surface area contributed by atoms with E-state index in [2.05, 4.69) is 19.1 Å². The zero-order valence-corrected chi connectivity index (χ0v) is 12.5. The van der Waals surface area contributed by atoms with Gasteiger partial charge in [0.1, 0.15) is 11.5 Å². The molecular formula is C17H19ClO2. The molecule has 106 valence electrons. The summed E-state index contributed by atoms with van der Waals surface area (Å²) < 4.78 is 5.76. The molecule has 2 aromatic carbocycles. The third-order valence-corrected chi connectivity index (χ3v) is 3.42. The molecule has 0 heterocycles. The highest BCUT2D eigenvalue weighted by Crippen LogP contribution is 2.31. The summed E-state index contributed by atoms with van der Waals surface area (Å²) in [5, 5.41) is 10.0. The van der Waals surface area contributed by atoms with Crippen molar-refractivity contribution in [1.29, 1.82) is 0 Å². The zero-order valence-electron chi connectivity index (χ0n) is 11.8. The third kappa shape index (κ3) is 3.75. The predicted molar refractivity (Wildman–Crippen MR) is 82.6 cm³/mol. The Kier molecular flexibility index (Phi) is 5.05. The lowest BCUT2D eigenvalue weighted by atomic mass is 10.1. The molecule has 3 heteroatoms. The van der Waals surface area contributed by atoms with E-state index in [4.69, 9.17) is 16.3 Å². The van der Waals surface area contributed by atoms with Gasteiger partial charge in [-0.15, -0.1) is 0 Å². The van der Waals surface area contributed by atoms with Crippen LogP contribution in [-0.2, 0) is 6.42 Å². The van der Waals surface area contributed by atoms with Gasteiger partial charge in [-0.25, -0.2) is 0 Å². The van der Waals surface area contributed by atoms with E-state index in [1.54, 1.807) is 19.1 Å². The topological polar surface area (TPSA) is 29.5 Å². The van der Waals surface area contributed by atoms with Gasteiger partial charge in [-0.05, 0) is 48.7 Å². The quantitative estimate of drug-likeness (QED) is 0.826. The lowest BCUT2D eigenvalue weighted by Crippen LogP contribution is -1.92. The van der Waals surface area contributed by atoms with Gasteiger partial charge in [0.15, 0.2) is 0 Å². The second-order valence-corrected chi connectivity index (χ2v) is 5.27. The summed E-state index contributed by atoms with van der Waals surface area (Å²) in [6.07, 6.45) is 1.67. The summed E-state index contributed by atoms with van der Waals surface area (Å²) in [6.45, 7) is 3.87. The van der Waals surface area contributed by atoms with Crippen LogP contribution in [0, 0.1) is 0 Å². The molecule has 0 amide bonds. The average Bonchev–Trinajstić information content (AvgIpc) is 2.43. The Morgan fingerprint density at radius 2 is 1.85 bits per heavy atom. The summed E-state index contributed by atoms with van der Waals surface area (Å²) >= 11 is 6.17. The van der Waals surface area contributed by atoms with Gasteiger partial charge in [-0.3, -0.25) is 0 Å². The number of aliphatic hydroxyl groups is 1. The monoisotopic (exact) mass is 290 g/mol. The van der Waals surface area contributed by atoms with Crippen molar-refractivity contribution in [2.45, 2.75) is 32.8 Å². The van der Waals surface area contributed by atoms with Crippen molar-refractivity contribution < 1.29 is 9.84 Å². The highest BCUT2D eigenvalue weighted by molar-refractivity contribution is 6.32. The predicted octanol–water partition coefficient (Wildman–Crippen LogP) is 5.14. The maximum atomic E-state index is 9.51. The van der Waals surface area contributed by atoms with Gasteiger partial charge in [0.25, 0.3) is 0 Å². The Balaban J connectivity index is 2.13. The molecule has 0 saturated heterocycles. The molecule has 0 fully saturated rings. The fraction of sp³-hybridized carbons (Fsp3) is 0.294. The van der Waals surface area contributed by atoms with E-state index in [1.165, 1.54) is 5.56 Å². The minimum absolute atomic E-state index is 0.501. The molecule has 20 heavy (non-hydrogen) atoms. The number of benzene rings is 2. The molecule has 2 nitrogen and oxygen atoms in total. The van der Waals surface area contributed by atoms with Crippen molar-refractivity contribution in [3.63, 3.8) is 0 Å². The normalized spacial score (nSPS) is 12.2. The summed E-state index contributed by atoms with van der Waals surface area (Å²) in [5.41, 5.74) is 2.08. The van der Waals surface area contributed by atoms with Gasteiger partial charge in [-0.2, -0.15) is 0 Å². The molecule has 0 spiro atoms. The first-order chi connectivity index (χ1) is 9.60. The van der Waals surface area contributed by atoms with Gasteiger partial charge in [0.2, 0.25) is 0 Å². The summed E-state index contributed by atoms with van der Waals surface area (Å²) in [6, 6.07) is 13.4. The fourth-order valence-electron chi connectivity index (χ4n) is 2.00. The van der Waals surface area contributed by atoms with Gasteiger partial charge in [0, 0.05) is 0 Å². The lowest BCUT2D eigenvalue weighted by molar-refractivity contribution is 0.199. The first-order valence-corrected chi connectivity index (χ1v) is 7.22. The summed E-state index contributed by atoms with van der Waals surface area (Å²) in [4.78, 5) is 0. The molecule has 1 unspecified atom stereocenters. The number of aryl methyl sites for hydroxylation is 1. The number of ether oxygens (including phenoxy) is 1. The molecule has 0 aliphatic carbocycles. The van der Waals surface area contributed by atoms with Crippen LogP contribution in [0.3, 0.4) is 0 Å². The second kappa shape index (κ2) is 6.78. The third-order valence-electron chi connectivity index (χ3n) is 3.13. The van der Waals surface area contributed by atoms with E-state index < -0.39 is 6.10 Å². The number of rotatable bonds is 5. The van der Waals surface area contributed by atoms with Crippen LogP contribution in [0.4, 0.5) is 0 Å². The summed E-state index contributed by atoms with van der Waals surface area (Å²) in [7, 11) is 0. The molecule has 2 aromatic rings. The molecular weight excluding hydrogens is 272 g/mol. The first-order valence-electron chi connectivity index (χ1n) is 6.84. The SMILES string of the molecule is CCCc1ccc(Oc2ccc(C(C)O)cc2Cl)cc1. The zero-order chi connectivity index (χ0) is 14.5. The smallest absolute Gasteiger partial charge is 0.146 e. The molecule has 0 aromatic heterocycles. The number of halogens is 1. The van der Waals surface area contributed by atoms with Gasteiger partial charge < -0.3 is 9.84 Å². The van der Waals surface area contributed by atoms with Crippen LogP contribution in [0.5, 0.6) is 11.5 Å². The van der Waals surface area contributed by atoms with Crippen LogP contribution in [0.15, 0.2) is 42.5 Å². The molecule has 1 atom stereocenters. The highest BCUT2D eigenvalue weighted by atomic mass is 35.5. The largest absolute Gasteiger partial charge is 0.456 e. The van der Waals surface area contributed by atoms with E-state index in [1.807, 2.05) is 18.2 Å². The van der Waals surface area contributed by atoms with Crippen molar-refractivity contribution in [3.8, 4) is 11.5 Å². The Morgan fingerprint density at radius 3 is 2.40 bits per heavy atom. The van der Waals surface area contributed by atoms with Gasteiger partial charge in [-0.1, -0.05) is 43.1 Å². The van der Waals surface area contributed by atoms with Crippen LogP contribution in [0.2, 0.25) is 5.02 Å². The van der Waals surface area contributed by atoms with Crippen LogP contribution >= 0.6 is 11.6 Å². The minimum atomic E-state index is -0.533. The Bertz CT molecular complexity index is 562. The van der Waals surface area contributed by atoms with Crippen LogP contribution in [-0.4, -0.2) is 5.11 Å². The highest BCUT2D eigenvalue weighted by Gasteiger charge is 2.07. The first kappa shape index (κ1) is 14.9. The van der Waals surface area contributed by atoms with Crippen LogP contribution in [0.1, 0.15) is 37.5 Å². The summed E-state index contributed by atoms with van der Waals surface area (Å²) in [5.74, 6) is 1.36. The van der Waals surface area contributed by atoms with Crippen molar-refractivity contribution in [1.82, 2.24) is 0 Å². The fourth-order valence-corrected chi connectivity index (χ4v) is 2.23. The molecule has 0 aliphatic heterocycles. The lowest BCUT2D eigenvalue weighted by Gasteiger charge is -2.11. The molecule has 0 saturated carbocycles. The van der Waals surface area contributed by atoms with Crippen molar-refractivity contribution >= 4 is 11.6 Å². The number of hydrogen-bond acceptors (Lipinski definition) is 2. The van der Waals surface area contributed by atoms with Gasteiger partial charge >= 0.3 is 0 Å². The van der Waals surface area contributed by atoms with E-state index in [-0.39, 0.29) is 0 Å². The van der Waals surface area contributed by atoms with Crippen LogP contribution < -0.4 is 4.74 Å². The standard InChI is InChI=1S/C17H19ClO2/c1-3-4-13-5-8-15(9-6-13)20-17-10-7-14(12(2)19)11-16(17)18/h5-12,19H,3-4H2,1-2H3. The van der Waals surface area contributed by atoms with Crippen molar-refractivity contribution in [2.24, 2.45) is 0 Å². The molecule has 2 rings (SSSR count). The second-order valence-electron chi connectivity index (χ2n) is 4.86. The Morgan fingerprint density at radius 1 is 1.15 bits per heavy atom. The molecule has 0 radical (unpaired) electrons. The number of hydrogen-bond donors (Lipinski definition) is 1. The van der Waals surface area contributed by atoms with E-state index in [0.717, 1.165) is 24.2 Å². The average molecular weight is 291 g/mol. The van der Waals surface area contributed by atoms with Crippen molar-refractivity contribution in [2.75, 3.05) is 0 Å². The maximum Gasteiger partial charge on any atom is 0.146 e. The van der Waals surface area contributed by atoms with E-state index in [0.29, 0.717) is 10.8 Å². The number of aliphatic hydroxyl groups excluding tert-OH is 1. The molecule has 0 bridgehead atoms. The Labute approximate surface area is 125 Å². The van der Waals surface area contributed by atoms with Gasteiger partial charge in [0.05, 0.1) is 11.1 Å². The minimum Gasteiger partial charge on any atom is -0.456 e. The van der Waals surface area contributed by atoms with E-state index in [9.17, 15) is 5.11 Å². The Hall–Kier alpha value is -1.51. The molecule has 1 N–H and O–H groups in total. The molecule has 0 aliphatic rings. The van der Waals surface area contributed by atoms with Crippen molar-refractivity contribution in [3.05, 3.63) is 58.6 Å². The maximum absolute atomic E-state index is 9.51.